The van der Waals surface area contributed by atoms with Crippen molar-refractivity contribution in [3.63, 3.8) is 0 Å². The van der Waals surface area contributed by atoms with Gasteiger partial charge >= 0.3 is 0 Å². The fraction of sp³-hybridized carbons (Fsp3) is 0.133. The summed E-state index contributed by atoms with van der Waals surface area (Å²) in [4.78, 5) is 4.30. The van der Waals surface area contributed by atoms with Crippen LogP contribution >= 0.6 is 0 Å². The second-order valence-corrected chi connectivity index (χ2v) is 5.05. The molecule has 0 saturated heterocycles. The standard InChI is InChI=1S/C15H13N7O2/c1-10-11(4-2-5-12(10)22-9-17-20-21-22)16-8-14-18-15(19-24-14)13-6-3-7-23-13/h2-7,9,16H,8H2,1H3. The highest BCUT2D eigenvalue weighted by Crippen LogP contribution is 2.22. The lowest BCUT2D eigenvalue weighted by Gasteiger charge is -2.11. The lowest BCUT2D eigenvalue weighted by Crippen LogP contribution is -2.05. The summed E-state index contributed by atoms with van der Waals surface area (Å²) in [5, 5.41) is 18.4. The van der Waals surface area contributed by atoms with Crippen LogP contribution in [0.25, 0.3) is 17.3 Å². The number of nitrogens with one attached hydrogen (secondary N) is 1. The summed E-state index contributed by atoms with van der Waals surface area (Å²) in [7, 11) is 0. The zero-order chi connectivity index (χ0) is 16.4. The van der Waals surface area contributed by atoms with Crippen molar-refractivity contribution in [2.75, 3.05) is 5.32 Å². The zero-order valence-electron chi connectivity index (χ0n) is 12.7. The first kappa shape index (κ1) is 14.1. The van der Waals surface area contributed by atoms with E-state index in [4.69, 9.17) is 8.94 Å². The number of furan rings is 1. The van der Waals surface area contributed by atoms with Crippen molar-refractivity contribution in [1.82, 2.24) is 30.3 Å². The summed E-state index contributed by atoms with van der Waals surface area (Å²) in [6.07, 6.45) is 3.12. The van der Waals surface area contributed by atoms with Gasteiger partial charge in [0, 0.05) is 5.69 Å². The van der Waals surface area contributed by atoms with E-state index in [0.717, 1.165) is 16.9 Å². The molecule has 0 aliphatic heterocycles. The van der Waals surface area contributed by atoms with E-state index in [9.17, 15) is 0 Å². The van der Waals surface area contributed by atoms with Gasteiger partial charge in [0.1, 0.15) is 6.33 Å². The van der Waals surface area contributed by atoms with Gasteiger partial charge in [0.05, 0.1) is 18.5 Å². The van der Waals surface area contributed by atoms with E-state index < -0.39 is 0 Å². The predicted octanol–water partition coefficient (Wildman–Crippen LogP) is 2.23. The molecule has 120 valence electrons. The second-order valence-electron chi connectivity index (χ2n) is 5.05. The number of tetrazole rings is 1. The first-order chi connectivity index (χ1) is 11.8. The molecule has 0 radical (unpaired) electrons. The summed E-state index contributed by atoms with van der Waals surface area (Å²) in [5.41, 5.74) is 2.84. The number of hydrogen-bond acceptors (Lipinski definition) is 8. The molecule has 0 aliphatic carbocycles. The van der Waals surface area contributed by atoms with Crippen LogP contribution in [0, 0.1) is 6.92 Å². The maximum atomic E-state index is 5.24. The first-order valence-corrected chi connectivity index (χ1v) is 7.24. The van der Waals surface area contributed by atoms with E-state index in [1.54, 1.807) is 29.4 Å². The fourth-order valence-electron chi connectivity index (χ4n) is 2.34. The lowest BCUT2D eigenvalue weighted by atomic mass is 10.1. The minimum Gasteiger partial charge on any atom is -0.461 e. The maximum Gasteiger partial charge on any atom is 0.246 e. The van der Waals surface area contributed by atoms with E-state index >= 15 is 0 Å². The minimum absolute atomic E-state index is 0.396. The van der Waals surface area contributed by atoms with Gasteiger partial charge in [-0.15, -0.1) is 5.10 Å². The molecular weight excluding hydrogens is 310 g/mol. The SMILES string of the molecule is Cc1c(NCc2nc(-c3ccco3)no2)cccc1-n1cnnn1. The highest BCUT2D eigenvalue weighted by Gasteiger charge is 2.12. The van der Waals surface area contributed by atoms with Gasteiger partial charge in [-0.05, 0) is 47.2 Å². The van der Waals surface area contributed by atoms with E-state index in [0.29, 0.717) is 24.0 Å². The van der Waals surface area contributed by atoms with E-state index in [2.05, 4.69) is 31.0 Å². The third kappa shape index (κ3) is 2.62. The molecular formula is C15H13N7O2. The third-order valence-corrected chi connectivity index (χ3v) is 3.54. The van der Waals surface area contributed by atoms with Gasteiger partial charge in [-0.1, -0.05) is 11.2 Å². The molecule has 0 saturated carbocycles. The van der Waals surface area contributed by atoms with Gasteiger partial charge in [-0.25, -0.2) is 4.68 Å². The normalized spacial score (nSPS) is 10.9. The molecule has 0 fully saturated rings. The van der Waals surface area contributed by atoms with Crippen LogP contribution in [0.3, 0.4) is 0 Å². The van der Waals surface area contributed by atoms with Gasteiger partial charge in [0.15, 0.2) is 5.76 Å². The van der Waals surface area contributed by atoms with Crippen LogP contribution in [-0.4, -0.2) is 30.3 Å². The van der Waals surface area contributed by atoms with Crippen molar-refractivity contribution < 1.29 is 8.94 Å². The molecule has 4 rings (SSSR count). The average molecular weight is 323 g/mol. The Morgan fingerprint density at radius 1 is 1.21 bits per heavy atom. The van der Waals surface area contributed by atoms with Crippen LogP contribution in [0.2, 0.25) is 0 Å². The molecule has 0 unspecified atom stereocenters. The molecule has 0 amide bonds. The molecule has 0 atom stereocenters. The highest BCUT2D eigenvalue weighted by atomic mass is 16.5. The quantitative estimate of drug-likeness (QED) is 0.595. The molecule has 3 heterocycles. The van der Waals surface area contributed by atoms with Gasteiger partial charge < -0.3 is 14.3 Å². The van der Waals surface area contributed by atoms with Crippen molar-refractivity contribution in [2.24, 2.45) is 0 Å². The number of hydrogen-bond donors (Lipinski definition) is 1. The Morgan fingerprint density at radius 3 is 2.96 bits per heavy atom. The third-order valence-electron chi connectivity index (χ3n) is 3.54. The summed E-state index contributed by atoms with van der Waals surface area (Å²) < 4.78 is 12.1. The van der Waals surface area contributed by atoms with Gasteiger partial charge in [-0.3, -0.25) is 0 Å². The molecule has 0 aliphatic rings. The summed E-state index contributed by atoms with van der Waals surface area (Å²) in [6, 6.07) is 9.39. The topological polar surface area (TPSA) is 108 Å². The number of nitrogens with zero attached hydrogens (tertiary/aromatic N) is 6. The van der Waals surface area contributed by atoms with Gasteiger partial charge in [0.25, 0.3) is 0 Å². The average Bonchev–Trinajstić information content (AvgIpc) is 3.34. The van der Waals surface area contributed by atoms with Crippen molar-refractivity contribution in [2.45, 2.75) is 13.5 Å². The van der Waals surface area contributed by atoms with Crippen molar-refractivity contribution in [3.8, 4) is 17.3 Å². The fourth-order valence-corrected chi connectivity index (χ4v) is 2.34. The lowest BCUT2D eigenvalue weighted by molar-refractivity contribution is 0.382. The zero-order valence-corrected chi connectivity index (χ0v) is 12.7. The molecule has 9 heteroatoms. The van der Waals surface area contributed by atoms with E-state index in [1.165, 1.54) is 0 Å². The number of rotatable bonds is 5. The minimum atomic E-state index is 0.396. The number of aromatic nitrogens is 6. The second kappa shape index (κ2) is 5.95. The molecule has 1 aromatic carbocycles. The molecule has 0 spiro atoms. The van der Waals surface area contributed by atoms with Gasteiger partial charge in [-0.2, -0.15) is 4.98 Å². The Kier molecular flexibility index (Phi) is 3.50. The summed E-state index contributed by atoms with van der Waals surface area (Å²) in [5.74, 6) is 1.46. The van der Waals surface area contributed by atoms with Gasteiger partial charge in [0.2, 0.25) is 11.7 Å². The number of benzene rings is 1. The molecule has 1 N–H and O–H groups in total. The van der Waals surface area contributed by atoms with Crippen LogP contribution in [0.1, 0.15) is 11.5 Å². The number of anilines is 1. The van der Waals surface area contributed by atoms with Crippen LogP contribution < -0.4 is 5.32 Å². The van der Waals surface area contributed by atoms with Crippen LogP contribution in [0.5, 0.6) is 0 Å². The summed E-state index contributed by atoms with van der Waals surface area (Å²) >= 11 is 0. The summed E-state index contributed by atoms with van der Waals surface area (Å²) in [6.45, 7) is 2.38. The van der Waals surface area contributed by atoms with Crippen LogP contribution in [0.4, 0.5) is 5.69 Å². The Bertz CT molecular complexity index is 929. The Hall–Kier alpha value is -3.49. The maximum absolute atomic E-state index is 5.24. The Labute approximate surface area is 136 Å². The molecule has 9 nitrogen and oxygen atoms in total. The van der Waals surface area contributed by atoms with Crippen molar-refractivity contribution >= 4 is 5.69 Å². The molecule has 0 bridgehead atoms. The molecule has 4 aromatic rings. The molecule has 24 heavy (non-hydrogen) atoms. The Morgan fingerprint density at radius 2 is 2.17 bits per heavy atom. The first-order valence-electron chi connectivity index (χ1n) is 7.24. The monoisotopic (exact) mass is 323 g/mol. The molecule has 3 aromatic heterocycles. The van der Waals surface area contributed by atoms with Crippen molar-refractivity contribution in [3.05, 3.63) is 54.4 Å². The smallest absolute Gasteiger partial charge is 0.246 e. The van der Waals surface area contributed by atoms with E-state index in [-0.39, 0.29) is 0 Å². The highest BCUT2D eigenvalue weighted by molar-refractivity contribution is 5.59. The van der Waals surface area contributed by atoms with E-state index in [1.807, 2.05) is 25.1 Å². The van der Waals surface area contributed by atoms with Crippen LogP contribution in [0.15, 0.2) is 51.9 Å². The van der Waals surface area contributed by atoms with Crippen LogP contribution in [-0.2, 0) is 6.54 Å². The predicted molar refractivity (Wildman–Crippen MR) is 83.2 cm³/mol. The Balaban J connectivity index is 1.51. The van der Waals surface area contributed by atoms with Crippen molar-refractivity contribution in [1.29, 1.82) is 0 Å². The largest absolute Gasteiger partial charge is 0.461 e.